The molecule has 0 unspecified atom stereocenters. The highest BCUT2D eigenvalue weighted by Crippen LogP contribution is 2.19. The molecule has 5 heteroatoms. The van der Waals surface area contributed by atoms with Gasteiger partial charge in [-0.25, -0.2) is 4.79 Å². The molecule has 0 fully saturated rings. The molecule has 0 saturated heterocycles. The Hall–Kier alpha value is -2.14. The summed E-state index contributed by atoms with van der Waals surface area (Å²) in [5.74, 6) is -1.52. The summed E-state index contributed by atoms with van der Waals surface area (Å²) in [6.07, 6.45) is 0. The Morgan fingerprint density at radius 3 is 2.38 bits per heavy atom. The molecule has 1 atom stereocenters. The van der Waals surface area contributed by atoms with Crippen molar-refractivity contribution in [2.24, 2.45) is 0 Å². The van der Waals surface area contributed by atoms with Crippen LogP contribution in [-0.4, -0.2) is 17.0 Å². The average molecular weight is 348 g/mol. The zero-order valence-corrected chi connectivity index (χ0v) is 12.9. The molecule has 0 aliphatic carbocycles. The maximum atomic E-state index is 12.2. The Labute approximate surface area is 130 Å². The number of amides is 1. The molecule has 0 aromatic heterocycles. The second-order valence-electron chi connectivity index (χ2n) is 4.62. The minimum atomic E-state index is -1.10. The third-order valence-electron chi connectivity index (χ3n) is 3.09. The van der Waals surface area contributed by atoms with Crippen LogP contribution in [0.3, 0.4) is 0 Å². The van der Waals surface area contributed by atoms with E-state index in [0.29, 0.717) is 11.1 Å². The lowest BCUT2D eigenvalue weighted by molar-refractivity contribution is -0.139. The normalized spacial score (nSPS) is 11.7. The van der Waals surface area contributed by atoms with E-state index in [1.165, 1.54) is 0 Å². The van der Waals surface area contributed by atoms with E-state index >= 15 is 0 Å². The lowest BCUT2D eigenvalue weighted by atomic mass is 10.1. The number of carbonyl (C=O) groups excluding carboxylic acids is 1. The van der Waals surface area contributed by atoms with Crippen molar-refractivity contribution in [1.29, 1.82) is 0 Å². The maximum absolute atomic E-state index is 12.2. The van der Waals surface area contributed by atoms with Gasteiger partial charge in [0.15, 0.2) is 6.04 Å². The van der Waals surface area contributed by atoms with Crippen LogP contribution in [0.15, 0.2) is 53.0 Å². The molecule has 2 aromatic rings. The molecule has 0 aliphatic rings. The molecule has 0 spiro atoms. The first kappa shape index (κ1) is 15.3. The fourth-order valence-electron chi connectivity index (χ4n) is 1.88. The van der Waals surface area contributed by atoms with Crippen LogP contribution in [0.1, 0.15) is 27.5 Å². The van der Waals surface area contributed by atoms with Gasteiger partial charge >= 0.3 is 5.97 Å². The summed E-state index contributed by atoms with van der Waals surface area (Å²) in [4.78, 5) is 23.6. The third-order valence-corrected chi connectivity index (χ3v) is 3.94. The standard InChI is InChI=1S/C16H14BrNO3/c1-10-7-8-12(9-13(10)17)15(19)18-14(16(20)21)11-5-3-2-4-6-11/h2-9,14H,1H3,(H,18,19)(H,20,21)/t14-/m1/s1. The smallest absolute Gasteiger partial charge is 0.330 e. The molecule has 2 aromatic carbocycles. The van der Waals surface area contributed by atoms with E-state index < -0.39 is 17.9 Å². The zero-order chi connectivity index (χ0) is 15.4. The van der Waals surface area contributed by atoms with Crippen LogP contribution in [0.2, 0.25) is 0 Å². The van der Waals surface area contributed by atoms with Gasteiger partial charge in [0, 0.05) is 10.0 Å². The van der Waals surface area contributed by atoms with E-state index in [2.05, 4.69) is 21.2 Å². The molecule has 2 N–H and O–H groups in total. The minimum absolute atomic E-state index is 0.412. The summed E-state index contributed by atoms with van der Waals surface area (Å²) in [5.41, 5.74) is 1.95. The van der Waals surface area contributed by atoms with Gasteiger partial charge < -0.3 is 10.4 Å². The summed E-state index contributed by atoms with van der Waals surface area (Å²) in [6, 6.07) is 12.7. The lowest BCUT2D eigenvalue weighted by Crippen LogP contribution is -2.33. The van der Waals surface area contributed by atoms with Crippen LogP contribution in [0, 0.1) is 6.92 Å². The summed E-state index contributed by atoms with van der Waals surface area (Å²) in [5, 5.41) is 11.8. The van der Waals surface area contributed by atoms with Gasteiger partial charge in [-0.15, -0.1) is 0 Å². The van der Waals surface area contributed by atoms with Crippen molar-refractivity contribution in [3.8, 4) is 0 Å². The predicted molar refractivity (Wildman–Crippen MR) is 83.2 cm³/mol. The van der Waals surface area contributed by atoms with E-state index in [9.17, 15) is 14.7 Å². The number of carboxylic acids is 1. The fraction of sp³-hybridized carbons (Fsp3) is 0.125. The summed E-state index contributed by atoms with van der Waals surface area (Å²) < 4.78 is 0.807. The minimum Gasteiger partial charge on any atom is -0.479 e. The molecule has 4 nitrogen and oxygen atoms in total. The van der Waals surface area contributed by atoms with Crippen molar-refractivity contribution in [1.82, 2.24) is 5.32 Å². The van der Waals surface area contributed by atoms with Crippen LogP contribution in [0.5, 0.6) is 0 Å². The quantitative estimate of drug-likeness (QED) is 0.891. The van der Waals surface area contributed by atoms with E-state index in [1.54, 1.807) is 48.5 Å². The second-order valence-corrected chi connectivity index (χ2v) is 5.47. The first-order valence-corrected chi connectivity index (χ1v) is 7.13. The average Bonchev–Trinajstić information content (AvgIpc) is 2.48. The second kappa shape index (κ2) is 6.54. The third kappa shape index (κ3) is 3.70. The van der Waals surface area contributed by atoms with Gasteiger partial charge in [-0.1, -0.05) is 52.3 Å². The number of aliphatic carboxylic acids is 1. The van der Waals surface area contributed by atoms with Gasteiger partial charge in [0.2, 0.25) is 0 Å². The van der Waals surface area contributed by atoms with Gasteiger partial charge in [-0.3, -0.25) is 4.79 Å². The highest BCUT2D eigenvalue weighted by Gasteiger charge is 2.22. The molecule has 0 radical (unpaired) electrons. The first-order valence-electron chi connectivity index (χ1n) is 6.34. The van der Waals surface area contributed by atoms with Crippen LogP contribution >= 0.6 is 15.9 Å². The van der Waals surface area contributed by atoms with Crippen LogP contribution < -0.4 is 5.32 Å². The van der Waals surface area contributed by atoms with E-state index in [4.69, 9.17) is 0 Å². The number of carboxylic acid groups (broad SMARTS) is 1. The number of halogens is 1. The number of hydrogen-bond acceptors (Lipinski definition) is 2. The highest BCUT2D eigenvalue weighted by molar-refractivity contribution is 9.10. The summed E-state index contributed by atoms with van der Waals surface area (Å²) >= 11 is 3.36. The van der Waals surface area contributed by atoms with Crippen LogP contribution in [0.25, 0.3) is 0 Å². The van der Waals surface area contributed by atoms with Crippen molar-refractivity contribution >= 4 is 27.8 Å². The van der Waals surface area contributed by atoms with Crippen molar-refractivity contribution in [3.05, 3.63) is 69.7 Å². The van der Waals surface area contributed by atoms with E-state index in [1.807, 2.05) is 6.92 Å². The molecule has 0 heterocycles. The van der Waals surface area contributed by atoms with Crippen molar-refractivity contribution < 1.29 is 14.7 Å². The van der Waals surface area contributed by atoms with Crippen molar-refractivity contribution in [3.63, 3.8) is 0 Å². The van der Waals surface area contributed by atoms with Crippen LogP contribution in [0.4, 0.5) is 0 Å². The van der Waals surface area contributed by atoms with Crippen molar-refractivity contribution in [2.45, 2.75) is 13.0 Å². The number of rotatable bonds is 4. The number of nitrogens with one attached hydrogen (secondary N) is 1. The van der Waals surface area contributed by atoms with Gasteiger partial charge in [0.25, 0.3) is 5.91 Å². The number of carbonyl (C=O) groups is 2. The number of aryl methyl sites for hydroxylation is 1. The lowest BCUT2D eigenvalue weighted by Gasteiger charge is -2.15. The van der Waals surface area contributed by atoms with Gasteiger partial charge in [0.05, 0.1) is 0 Å². The van der Waals surface area contributed by atoms with E-state index in [0.717, 1.165) is 10.0 Å². The number of benzene rings is 2. The molecule has 21 heavy (non-hydrogen) atoms. The highest BCUT2D eigenvalue weighted by atomic mass is 79.9. The molecule has 2 rings (SSSR count). The predicted octanol–water partition coefficient (Wildman–Crippen LogP) is 3.31. The monoisotopic (exact) mass is 347 g/mol. The van der Waals surface area contributed by atoms with E-state index in [-0.39, 0.29) is 0 Å². The van der Waals surface area contributed by atoms with Gasteiger partial charge in [0.1, 0.15) is 0 Å². The Bertz CT molecular complexity index is 670. The Morgan fingerprint density at radius 1 is 1.14 bits per heavy atom. The molecular weight excluding hydrogens is 334 g/mol. The Morgan fingerprint density at radius 2 is 1.81 bits per heavy atom. The van der Waals surface area contributed by atoms with Gasteiger partial charge in [-0.2, -0.15) is 0 Å². The maximum Gasteiger partial charge on any atom is 0.330 e. The molecule has 1 amide bonds. The molecule has 108 valence electrons. The summed E-state index contributed by atoms with van der Waals surface area (Å²) in [7, 11) is 0. The first-order chi connectivity index (χ1) is 9.99. The number of hydrogen-bond donors (Lipinski definition) is 2. The molecule has 0 saturated carbocycles. The Balaban J connectivity index is 2.23. The topological polar surface area (TPSA) is 66.4 Å². The Kier molecular flexibility index (Phi) is 4.75. The van der Waals surface area contributed by atoms with Gasteiger partial charge in [-0.05, 0) is 30.2 Å². The van der Waals surface area contributed by atoms with Crippen LogP contribution in [-0.2, 0) is 4.79 Å². The molecule has 0 bridgehead atoms. The largest absolute Gasteiger partial charge is 0.479 e. The molecule has 0 aliphatic heterocycles. The van der Waals surface area contributed by atoms with Crippen molar-refractivity contribution in [2.75, 3.05) is 0 Å². The fourth-order valence-corrected chi connectivity index (χ4v) is 2.26. The molecular formula is C16H14BrNO3. The SMILES string of the molecule is Cc1ccc(C(=O)N[C@@H](C(=O)O)c2ccccc2)cc1Br. The zero-order valence-electron chi connectivity index (χ0n) is 11.3. The summed E-state index contributed by atoms with van der Waals surface area (Å²) in [6.45, 7) is 1.91.